The predicted octanol–water partition coefficient (Wildman–Crippen LogP) is 3.98. The molecule has 1 N–H and O–H groups in total. The van der Waals surface area contributed by atoms with Crippen LogP contribution in [0.1, 0.15) is 27.0 Å². The Morgan fingerprint density at radius 3 is 2.43 bits per heavy atom. The van der Waals surface area contributed by atoms with E-state index in [0.29, 0.717) is 16.3 Å². The number of rotatable bonds is 3. The highest BCUT2D eigenvalue weighted by Crippen LogP contribution is 2.26. The molecule has 0 aliphatic rings. The van der Waals surface area contributed by atoms with Crippen LogP contribution in [0.4, 0.5) is 0 Å². The summed E-state index contributed by atoms with van der Waals surface area (Å²) in [6.45, 7) is 3.63. The second-order valence-corrected chi connectivity index (χ2v) is 5.00. The molecule has 0 radical (unpaired) electrons. The molecule has 0 unspecified atom stereocenters. The molecule has 4 nitrogen and oxygen atoms in total. The van der Waals surface area contributed by atoms with Crippen molar-refractivity contribution in [3.05, 3.63) is 63.7 Å². The van der Waals surface area contributed by atoms with E-state index in [2.05, 4.69) is 5.16 Å². The maximum Gasteiger partial charge on any atom is 0.345 e. The van der Waals surface area contributed by atoms with E-state index in [0.717, 1.165) is 16.7 Å². The average Bonchev–Trinajstić information content (AvgIpc) is 2.43. The largest absolute Gasteiger partial charge is 0.422 e. The van der Waals surface area contributed by atoms with Crippen molar-refractivity contribution < 1.29 is 14.7 Å². The van der Waals surface area contributed by atoms with Crippen LogP contribution in [0.2, 0.25) is 5.02 Å². The van der Waals surface area contributed by atoms with Crippen LogP contribution in [0.25, 0.3) is 0 Å². The molecule has 0 saturated carbocycles. The van der Waals surface area contributed by atoms with Crippen LogP contribution in [0.3, 0.4) is 0 Å². The van der Waals surface area contributed by atoms with Crippen molar-refractivity contribution in [2.24, 2.45) is 5.16 Å². The molecule has 108 valence electrons. The van der Waals surface area contributed by atoms with Gasteiger partial charge in [-0.05, 0) is 54.8 Å². The molecule has 2 aromatic rings. The van der Waals surface area contributed by atoms with Gasteiger partial charge in [0.25, 0.3) is 0 Å². The molecule has 2 aromatic carbocycles. The standard InChI is InChI=1S/C16H14ClNO3/c1-10-7-12(9-18-20)8-11(2)15(10)21-16(19)13-5-3-4-6-14(13)17/h3-9,20H,1-2H3/b18-9+. The molecule has 21 heavy (non-hydrogen) atoms. The number of hydrogen-bond donors (Lipinski definition) is 1. The first-order valence-electron chi connectivity index (χ1n) is 6.28. The normalized spacial score (nSPS) is 10.8. The highest BCUT2D eigenvalue weighted by atomic mass is 35.5. The number of hydrogen-bond acceptors (Lipinski definition) is 4. The van der Waals surface area contributed by atoms with E-state index in [9.17, 15) is 4.79 Å². The minimum Gasteiger partial charge on any atom is -0.422 e. The number of oxime groups is 1. The van der Waals surface area contributed by atoms with Gasteiger partial charge in [0.05, 0.1) is 16.8 Å². The summed E-state index contributed by atoms with van der Waals surface area (Å²) < 4.78 is 5.45. The van der Waals surface area contributed by atoms with E-state index in [4.69, 9.17) is 21.5 Å². The Morgan fingerprint density at radius 2 is 1.86 bits per heavy atom. The summed E-state index contributed by atoms with van der Waals surface area (Å²) >= 11 is 5.99. The molecular weight excluding hydrogens is 290 g/mol. The molecule has 0 amide bonds. The molecule has 0 fully saturated rings. The fourth-order valence-electron chi connectivity index (χ4n) is 2.06. The van der Waals surface area contributed by atoms with Crippen LogP contribution in [0.15, 0.2) is 41.6 Å². The Hall–Kier alpha value is -2.33. The third kappa shape index (κ3) is 3.41. The lowest BCUT2D eigenvalue weighted by Gasteiger charge is -2.12. The summed E-state index contributed by atoms with van der Waals surface area (Å²) in [7, 11) is 0. The average molecular weight is 304 g/mol. The smallest absolute Gasteiger partial charge is 0.345 e. The summed E-state index contributed by atoms with van der Waals surface area (Å²) in [6.07, 6.45) is 1.32. The highest BCUT2D eigenvalue weighted by Gasteiger charge is 2.15. The highest BCUT2D eigenvalue weighted by molar-refractivity contribution is 6.33. The monoisotopic (exact) mass is 303 g/mol. The number of ether oxygens (including phenoxy) is 1. The van der Waals surface area contributed by atoms with Crippen molar-refractivity contribution in [2.75, 3.05) is 0 Å². The maximum absolute atomic E-state index is 12.2. The zero-order valence-electron chi connectivity index (χ0n) is 11.6. The Bertz CT molecular complexity index is 687. The fourth-order valence-corrected chi connectivity index (χ4v) is 2.27. The quantitative estimate of drug-likeness (QED) is 0.307. The van der Waals surface area contributed by atoms with Gasteiger partial charge in [0.15, 0.2) is 0 Å². The molecule has 0 heterocycles. The number of benzene rings is 2. The lowest BCUT2D eigenvalue weighted by molar-refractivity contribution is 0.0732. The number of aryl methyl sites for hydroxylation is 2. The molecule has 0 bridgehead atoms. The summed E-state index contributed by atoms with van der Waals surface area (Å²) in [5, 5.41) is 11.9. The van der Waals surface area contributed by atoms with Crippen molar-refractivity contribution in [2.45, 2.75) is 13.8 Å². The van der Waals surface area contributed by atoms with Crippen LogP contribution < -0.4 is 4.74 Å². The SMILES string of the molecule is Cc1cc(/C=N/O)cc(C)c1OC(=O)c1ccccc1Cl. The van der Waals surface area contributed by atoms with E-state index in [1.165, 1.54) is 6.21 Å². The van der Waals surface area contributed by atoms with E-state index >= 15 is 0 Å². The number of carbonyl (C=O) groups excluding carboxylic acids is 1. The Balaban J connectivity index is 2.32. The van der Waals surface area contributed by atoms with E-state index in [-0.39, 0.29) is 0 Å². The van der Waals surface area contributed by atoms with Crippen LogP contribution >= 0.6 is 11.6 Å². The summed E-state index contributed by atoms with van der Waals surface area (Å²) in [5.74, 6) is -0.0228. The minimum absolute atomic E-state index is 0.318. The van der Waals surface area contributed by atoms with Crippen molar-refractivity contribution >= 4 is 23.8 Å². The third-order valence-corrected chi connectivity index (χ3v) is 3.31. The van der Waals surface area contributed by atoms with Crippen LogP contribution in [0.5, 0.6) is 5.75 Å². The summed E-state index contributed by atoms with van der Waals surface area (Å²) in [4.78, 5) is 12.2. The Kier molecular flexibility index (Phi) is 4.60. The van der Waals surface area contributed by atoms with Crippen LogP contribution in [-0.2, 0) is 0 Å². The van der Waals surface area contributed by atoms with E-state index in [1.54, 1.807) is 36.4 Å². The van der Waals surface area contributed by atoms with E-state index in [1.807, 2.05) is 13.8 Å². The van der Waals surface area contributed by atoms with Crippen LogP contribution in [0, 0.1) is 13.8 Å². The molecule has 0 aliphatic heterocycles. The molecule has 0 spiro atoms. The molecule has 0 aromatic heterocycles. The molecule has 5 heteroatoms. The number of halogens is 1. The first-order valence-corrected chi connectivity index (χ1v) is 6.66. The lowest BCUT2D eigenvalue weighted by Crippen LogP contribution is -2.11. The van der Waals surface area contributed by atoms with Crippen LogP contribution in [-0.4, -0.2) is 17.4 Å². The lowest BCUT2D eigenvalue weighted by atomic mass is 10.1. The van der Waals surface area contributed by atoms with Crippen molar-refractivity contribution in [3.8, 4) is 5.75 Å². The van der Waals surface area contributed by atoms with Gasteiger partial charge in [0.1, 0.15) is 5.75 Å². The third-order valence-electron chi connectivity index (χ3n) is 2.98. The molecule has 0 atom stereocenters. The van der Waals surface area contributed by atoms with Gasteiger partial charge < -0.3 is 9.94 Å². The van der Waals surface area contributed by atoms with Gasteiger partial charge >= 0.3 is 5.97 Å². The first-order chi connectivity index (χ1) is 10.0. The van der Waals surface area contributed by atoms with Gasteiger partial charge in [-0.2, -0.15) is 0 Å². The van der Waals surface area contributed by atoms with Gasteiger partial charge in [0.2, 0.25) is 0 Å². The van der Waals surface area contributed by atoms with Gasteiger partial charge in [-0.25, -0.2) is 4.79 Å². The van der Waals surface area contributed by atoms with Gasteiger partial charge in [-0.15, -0.1) is 0 Å². The fraction of sp³-hybridized carbons (Fsp3) is 0.125. The van der Waals surface area contributed by atoms with Crippen molar-refractivity contribution in [1.29, 1.82) is 0 Å². The van der Waals surface area contributed by atoms with Crippen molar-refractivity contribution in [1.82, 2.24) is 0 Å². The maximum atomic E-state index is 12.2. The predicted molar refractivity (Wildman–Crippen MR) is 81.7 cm³/mol. The molecule has 0 aliphatic carbocycles. The number of esters is 1. The second-order valence-electron chi connectivity index (χ2n) is 4.60. The van der Waals surface area contributed by atoms with E-state index < -0.39 is 5.97 Å². The van der Waals surface area contributed by atoms with Gasteiger partial charge in [-0.1, -0.05) is 28.9 Å². The van der Waals surface area contributed by atoms with Crippen molar-refractivity contribution in [3.63, 3.8) is 0 Å². The minimum atomic E-state index is -0.504. The molecule has 2 rings (SSSR count). The van der Waals surface area contributed by atoms with Gasteiger partial charge in [0, 0.05) is 0 Å². The topological polar surface area (TPSA) is 58.9 Å². The summed E-state index contributed by atoms with van der Waals surface area (Å²) in [6, 6.07) is 10.3. The Labute approximate surface area is 127 Å². The second kappa shape index (κ2) is 6.41. The zero-order chi connectivity index (χ0) is 15.4. The van der Waals surface area contributed by atoms with Gasteiger partial charge in [-0.3, -0.25) is 0 Å². The number of nitrogens with zero attached hydrogens (tertiary/aromatic N) is 1. The molecule has 0 saturated heterocycles. The number of carbonyl (C=O) groups is 1. The molecular formula is C16H14ClNO3. The first kappa shape index (κ1) is 15.1. The summed E-state index contributed by atoms with van der Waals surface area (Å²) in [5.41, 5.74) is 2.58. The Morgan fingerprint density at radius 1 is 1.24 bits per heavy atom. The zero-order valence-corrected chi connectivity index (χ0v) is 12.4.